The SMILES string of the molecule is Cc1ccc(-n2nnnc2-c2cnc(C(C)(C)C)nc2-c2cccc(C(F)(F)F)c2)cc1. The Morgan fingerprint density at radius 2 is 1.66 bits per heavy atom. The lowest BCUT2D eigenvalue weighted by Gasteiger charge is -2.19. The first-order chi connectivity index (χ1) is 15.0. The minimum absolute atomic E-state index is 0.307. The molecule has 4 aromatic rings. The van der Waals surface area contributed by atoms with Gasteiger partial charge in [-0.25, -0.2) is 9.97 Å². The maximum Gasteiger partial charge on any atom is 0.416 e. The van der Waals surface area contributed by atoms with Gasteiger partial charge in [-0.3, -0.25) is 0 Å². The van der Waals surface area contributed by atoms with E-state index in [4.69, 9.17) is 0 Å². The quantitative estimate of drug-likeness (QED) is 0.428. The molecule has 2 aromatic carbocycles. The van der Waals surface area contributed by atoms with Crippen molar-refractivity contribution in [1.82, 2.24) is 30.2 Å². The third-order valence-electron chi connectivity index (χ3n) is 4.91. The summed E-state index contributed by atoms with van der Waals surface area (Å²) in [5.74, 6) is 0.838. The predicted octanol–water partition coefficient (Wildman–Crippen LogP) is 5.41. The van der Waals surface area contributed by atoms with Crippen molar-refractivity contribution >= 4 is 0 Å². The van der Waals surface area contributed by atoms with Crippen LogP contribution in [0.1, 0.15) is 37.7 Å². The summed E-state index contributed by atoms with van der Waals surface area (Å²) in [7, 11) is 0. The van der Waals surface area contributed by atoms with E-state index in [1.54, 1.807) is 12.3 Å². The van der Waals surface area contributed by atoms with Gasteiger partial charge in [0.2, 0.25) is 0 Å². The number of tetrazole rings is 1. The highest BCUT2D eigenvalue weighted by Crippen LogP contribution is 2.35. The van der Waals surface area contributed by atoms with Crippen LogP contribution < -0.4 is 0 Å². The van der Waals surface area contributed by atoms with Gasteiger partial charge in [-0.1, -0.05) is 50.6 Å². The van der Waals surface area contributed by atoms with E-state index < -0.39 is 17.2 Å². The van der Waals surface area contributed by atoms with Gasteiger partial charge in [0, 0.05) is 17.2 Å². The molecule has 32 heavy (non-hydrogen) atoms. The Morgan fingerprint density at radius 1 is 0.938 bits per heavy atom. The summed E-state index contributed by atoms with van der Waals surface area (Å²) >= 11 is 0. The fourth-order valence-electron chi connectivity index (χ4n) is 3.18. The zero-order valence-corrected chi connectivity index (χ0v) is 18.0. The van der Waals surface area contributed by atoms with Gasteiger partial charge >= 0.3 is 6.18 Å². The van der Waals surface area contributed by atoms with Crippen molar-refractivity contribution in [2.45, 2.75) is 39.3 Å². The molecule has 0 bridgehead atoms. The van der Waals surface area contributed by atoms with Crippen molar-refractivity contribution in [3.8, 4) is 28.3 Å². The standard InChI is InChI=1S/C23H21F3N6/c1-14-8-10-17(11-9-14)32-20(29-30-31-32)18-13-27-21(22(2,3)4)28-19(18)15-6-5-7-16(12-15)23(24,25)26/h5-13H,1-4H3. The van der Waals surface area contributed by atoms with Gasteiger partial charge in [-0.15, -0.1) is 5.10 Å². The minimum atomic E-state index is -4.47. The molecular weight excluding hydrogens is 417 g/mol. The predicted molar refractivity (Wildman–Crippen MR) is 114 cm³/mol. The van der Waals surface area contributed by atoms with Crippen LogP contribution >= 0.6 is 0 Å². The zero-order valence-electron chi connectivity index (χ0n) is 18.0. The first-order valence-electron chi connectivity index (χ1n) is 9.95. The average Bonchev–Trinajstić information content (AvgIpc) is 3.22. The molecule has 0 saturated heterocycles. The third kappa shape index (κ3) is 4.23. The van der Waals surface area contributed by atoms with Gasteiger partial charge in [0.1, 0.15) is 5.82 Å². The highest BCUT2D eigenvalue weighted by atomic mass is 19.4. The number of benzene rings is 2. The Bertz CT molecular complexity index is 1250. The van der Waals surface area contributed by atoms with Crippen LogP contribution in [0.3, 0.4) is 0 Å². The molecule has 0 aliphatic rings. The second kappa shape index (κ2) is 7.81. The van der Waals surface area contributed by atoms with Crippen molar-refractivity contribution in [2.24, 2.45) is 0 Å². The number of nitrogens with zero attached hydrogens (tertiary/aromatic N) is 6. The maximum atomic E-state index is 13.4. The number of alkyl halides is 3. The van der Waals surface area contributed by atoms with Gasteiger partial charge < -0.3 is 0 Å². The molecule has 0 aliphatic heterocycles. The second-order valence-electron chi connectivity index (χ2n) is 8.53. The summed E-state index contributed by atoms with van der Waals surface area (Å²) in [6, 6.07) is 12.6. The van der Waals surface area contributed by atoms with Crippen LogP contribution in [0, 0.1) is 6.92 Å². The molecule has 9 heteroatoms. The lowest BCUT2D eigenvalue weighted by molar-refractivity contribution is -0.137. The molecule has 2 heterocycles. The summed E-state index contributed by atoms with van der Waals surface area (Å²) in [5, 5.41) is 12.0. The normalized spacial score (nSPS) is 12.2. The Kier molecular flexibility index (Phi) is 5.28. The van der Waals surface area contributed by atoms with Gasteiger partial charge in [-0.05, 0) is 41.6 Å². The molecule has 0 saturated carbocycles. The van der Waals surface area contributed by atoms with Crippen LogP contribution in [0.15, 0.2) is 54.7 Å². The fourth-order valence-corrected chi connectivity index (χ4v) is 3.18. The molecule has 0 radical (unpaired) electrons. The Morgan fingerprint density at radius 3 is 2.31 bits per heavy atom. The van der Waals surface area contributed by atoms with E-state index in [1.165, 1.54) is 10.7 Å². The molecule has 6 nitrogen and oxygen atoms in total. The number of aromatic nitrogens is 6. The monoisotopic (exact) mass is 438 g/mol. The lowest BCUT2D eigenvalue weighted by Crippen LogP contribution is -2.17. The van der Waals surface area contributed by atoms with Gasteiger partial charge in [0.25, 0.3) is 0 Å². The molecule has 2 aromatic heterocycles. The number of hydrogen-bond donors (Lipinski definition) is 0. The summed E-state index contributed by atoms with van der Waals surface area (Å²) < 4.78 is 41.6. The van der Waals surface area contributed by atoms with E-state index in [-0.39, 0.29) is 0 Å². The molecule has 0 aliphatic carbocycles. The van der Waals surface area contributed by atoms with E-state index in [0.29, 0.717) is 34.2 Å². The van der Waals surface area contributed by atoms with Crippen molar-refractivity contribution < 1.29 is 13.2 Å². The van der Waals surface area contributed by atoms with Gasteiger partial charge in [0.05, 0.1) is 22.5 Å². The van der Waals surface area contributed by atoms with Crippen molar-refractivity contribution in [3.05, 3.63) is 71.7 Å². The van der Waals surface area contributed by atoms with E-state index >= 15 is 0 Å². The van der Waals surface area contributed by atoms with Crippen LogP contribution in [-0.2, 0) is 11.6 Å². The maximum absolute atomic E-state index is 13.4. The number of aryl methyl sites for hydroxylation is 1. The number of rotatable bonds is 3. The average molecular weight is 438 g/mol. The summed E-state index contributed by atoms with van der Waals surface area (Å²) in [6.07, 6.45) is -2.90. The first kappa shape index (κ1) is 21.6. The zero-order chi connectivity index (χ0) is 23.1. The van der Waals surface area contributed by atoms with E-state index in [0.717, 1.165) is 17.7 Å². The number of hydrogen-bond acceptors (Lipinski definition) is 5. The van der Waals surface area contributed by atoms with Crippen LogP contribution in [0.4, 0.5) is 13.2 Å². The molecule has 0 amide bonds. The van der Waals surface area contributed by atoms with Crippen LogP contribution in [0.2, 0.25) is 0 Å². The largest absolute Gasteiger partial charge is 0.416 e. The first-order valence-corrected chi connectivity index (χ1v) is 9.95. The molecule has 0 atom stereocenters. The summed E-state index contributed by atoms with van der Waals surface area (Å²) in [6.45, 7) is 7.78. The van der Waals surface area contributed by atoms with Crippen LogP contribution in [0.25, 0.3) is 28.3 Å². The van der Waals surface area contributed by atoms with Gasteiger partial charge in [-0.2, -0.15) is 17.9 Å². The molecule has 4 rings (SSSR count). The van der Waals surface area contributed by atoms with Crippen LogP contribution in [-0.4, -0.2) is 30.2 Å². The number of halogens is 3. The van der Waals surface area contributed by atoms with Gasteiger partial charge in [0.15, 0.2) is 5.82 Å². The van der Waals surface area contributed by atoms with Crippen LogP contribution in [0.5, 0.6) is 0 Å². The molecule has 0 unspecified atom stereocenters. The topological polar surface area (TPSA) is 69.4 Å². The van der Waals surface area contributed by atoms with Crippen molar-refractivity contribution in [3.63, 3.8) is 0 Å². The Labute approximate surface area is 183 Å². The summed E-state index contributed by atoms with van der Waals surface area (Å²) in [4.78, 5) is 9.12. The molecule has 0 N–H and O–H groups in total. The Balaban J connectivity index is 1.94. The Hall–Kier alpha value is -3.62. The highest BCUT2D eigenvalue weighted by Gasteiger charge is 2.31. The molecule has 0 fully saturated rings. The minimum Gasteiger partial charge on any atom is -0.240 e. The van der Waals surface area contributed by atoms with E-state index in [2.05, 4.69) is 25.5 Å². The fraction of sp³-hybridized carbons (Fsp3) is 0.261. The lowest BCUT2D eigenvalue weighted by atomic mass is 9.94. The second-order valence-corrected chi connectivity index (χ2v) is 8.53. The molecular formula is C23H21F3N6. The van der Waals surface area contributed by atoms with E-state index in [1.807, 2.05) is 52.0 Å². The summed E-state index contributed by atoms with van der Waals surface area (Å²) in [5.41, 5.74) is 1.70. The molecule has 0 spiro atoms. The smallest absolute Gasteiger partial charge is 0.240 e. The molecule has 164 valence electrons. The highest BCUT2D eigenvalue weighted by molar-refractivity contribution is 5.77. The third-order valence-corrected chi connectivity index (χ3v) is 4.91. The van der Waals surface area contributed by atoms with Crippen molar-refractivity contribution in [2.75, 3.05) is 0 Å². The van der Waals surface area contributed by atoms with E-state index in [9.17, 15) is 13.2 Å². The van der Waals surface area contributed by atoms with Crippen molar-refractivity contribution in [1.29, 1.82) is 0 Å².